The molecule has 41 heavy (non-hydrogen) atoms. The Kier molecular flexibility index (Phi) is 10.9. The number of hydrogen-bond acceptors (Lipinski definition) is 6. The molecule has 0 aliphatic carbocycles. The molecule has 0 heterocycles. The first-order chi connectivity index (χ1) is 20.1. The molecule has 0 bridgehead atoms. The van der Waals surface area contributed by atoms with Gasteiger partial charge in [0.05, 0.1) is 18.7 Å². The van der Waals surface area contributed by atoms with E-state index < -0.39 is 0 Å². The summed E-state index contributed by atoms with van der Waals surface area (Å²) < 4.78 is 17.2. The topological polar surface area (TPSA) is 80.6 Å². The average Bonchev–Trinajstić information content (AvgIpc) is 3.02. The fraction of sp³-hybridized carbons (Fsp3) is 0.257. The normalized spacial score (nSPS) is 10.6. The molecule has 0 fully saturated rings. The van der Waals surface area contributed by atoms with Crippen LogP contribution < -0.4 is 14.8 Å². The van der Waals surface area contributed by atoms with Crippen molar-refractivity contribution in [2.75, 3.05) is 13.7 Å². The molecule has 6 nitrogen and oxygen atoms in total. The molecule has 1 N–H and O–H groups in total. The molecule has 6 heteroatoms. The van der Waals surface area contributed by atoms with Gasteiger partial charge in [0.2, 0.25) is 0 Å². The van der Waals surface area contributed by atoms with Crippen molar-refractivity contribution in [3.05, 3.63) is 119 Å². The van der Waals surface area contributed by atoms with E-state index in [9.17, 15) is 10.1 Å². The summed E-state index contributed by atoms with van der Waals surface area (Å²) in [7, 11) is 1.41. The van der Waals surface area contributed by atoms with Crippen LogP contribution in [0.4, 0.5) is 0 Å². The van der Waals surface area contributed by atoms with E-state index in [1.165, 1.54) is 23.8 Å². The number of unbranched alkanes of at least 4 members (excludes halogenated alkanes) is 1. The molecular formula is C35H36N2O4. The Balaban J connectivity index is 1.44. The van der Waals surface area contributed by atoms with Gasteiger partial charge in [0, 0.05) is 24.6 Å². The molecule has 4 rings (SSSR count). The fourth-order valence-corrected chi connectivity index (χ4v) is 4.57. The molecule has 0 aliphatic rings. The lowest BCUT2D eigenvalue weighted by atomic mass is 9.97. The average molecular weight is 549 g/mol. The van der Waals surface area contributed by atoms with Crippen LogP contribution in [-0.4, -0.2) is 19.6 Å². The summed E-state index contributed by atoms with van der Waals surface area (Å²) in [6.07, 6.45) is 2.07. The van der Waals surface area contributed by atoms with Crippen LogP contribution in [0.3, 0.4) is 0 Å². The van der Waals surface area contributed by atoms with Gasteiger partial charge in [-0.3, -0.25) is 4.79 Å². The molecule has 0 unspecified atom stereocenters. The summed E-state index contributed by atoms with van der Waals surface area (Å²) in [6.45, 7) is 4.29. The number of methoxy groups -OCH3 is 1. The van der Waals surface area contributed by atoms with Crippen molar-refractivity contribution in [1.29, 1.82) is 5.26 Å². The summed E-state index contributed by atoms with van der Waals surface area (Å²) in [6, 6.07) is 32.2. The van der Waals surface area contributed by atoms with Gasteiger partial charge in [0.1, 0.15) is 24.7 Å². The summed E-state index contributed by atoms with van der Waals surface area (Å²) in [4.78, 5) is 11.3. The number of esters is 1. The smallest absolute Gasteiger partial charge is 0.305 e. The Morgan fingerprint density at radius 3 is 2.49 bits per heavy atom. The lowest BCUT2D eigenvalue weighted by molar-refractivity contribution is -0.140. The number of carbonyl (C=O) groups is 1. The lowest BCUT2D eigenvalue weighted by Gasteiger charge is -2.16. The lowest BCUT2D eigenvalue weighted by Crippen LogP contribution is -2.16. The van der Waals surface area contributed by atoms with Gasteiger partial charge >= 0.3 is 5.97 Å². The van der Waals surface area contributed by atoms with E-state index in [2.05, 4.69) is 60.8 Å². The van der Waals surface area contributed by atoms with Gasteiger partial charge in [0.25, 0.3) is 0 Å². The number of rotatable bonds is 14. The molecule has 0 aromatic heterocycles. The van der Waals surface area contributed by atoms with Crippen molar-refractivity contribution in [3.8, 4) is 28.7 Å². The standard InChI is InChI=1S/C35H36N2O4/c1-26-31(14-9-15-33(26)29-12-4-3-5-13-29)25-40-32-18-17-30(23-37-19-7-6-16-35(38)39-2)34(21-32)41-24-28-11-8-10-27(20-28)22-36/h3-5,8-15,17-18,20-21,37H,6-7,16,19,23-25H2,1-2H3. The van der Waals surface area contributed by atoms with Crippen molar-refractivity contribution in [3.63, 3.8) is 0 Å². The van der Waals surface area contributed by atoms with Crippen LogP contribution in [-0.2, 0) is 29.3 Å². The van der Waals surface area contributed by atoms with Crippen LogP contribution in [0.2, 0.25) is 0 Å². The first kappa shape index (κ1) is 29.4. The summed E-state index contributed by atoms with van der Waals surface area (Å²) >= 11 is 0. The highest BCUT2D eigenvalue weighted by atomic mass is 16.5. The Bertz CT molecular complexity index is 1480. The zero-order chi connectivity index (χ0) is 28.9. The summed E-state index contributed by atoms with van der Waals surface area (Å²) in [5.74, 6) is 1.26. The van der Waals surface area contributed by atoms with Gasteiger partial charge in [-0.1, -0.05) is 66.7 Å². The van der Waals surface area contributed by atoms with E-state index in [4.69, 9.17) is 14.2 Å². The van der Waals surface area contributed by atoms with Gasteiger partial charge in [-0.2, -0.15) is 5.26 Å². The van der Waals surface area contributed by atoms with Crippen molar-refractivity contribution in [2.24, 2.45) is 0 Å². The van der Waals surface area contributed by atoms with E-state index in [0.717, 1.165) is 47.6 Å². The second-order valence-corrected chi connectivity index (χ2v) is 9.82. The van der Waals surface area contributed by atoms with Crippen LogP contribution in [0.1, 0.15) is 47.1 Å². The maximum Gasteiger partial charge on any atom is 0.305 e. The molecule has 210 valence electrons. The van der Waals surface area contributed by atoms with Crippen LogP contribution >= 0.6 is 0 Å². The number of nitrogens with one attached hydrogen (secondary N) is 1. The highest BCUT2D eigenvalue weighted by molar-refractivity contribution is 5.69. The van der Waals surface area contributed by atoms with Crippen molar-refractivity contribution < 1.29 is 19.0 Å². The molecule has 0 atom stereocenters. The minimum absolute atomic E-state index is 0.182. The molecular weight excluding hydrogens is 512 g/mol. The van der Waals surface area contributed by atoms with E-state index in [0.29, 0.717) is 31.7 Å². The summed E-state index contributed by atoms with van der Waals surface area (Å²) in [5.41, 5.74) is 7.23. The number of nitrogens with zero attached hydrogens (tertiary/aromatic N) is 1. The minimum atomic E-state index is -0.182. The third kappa shape index (κ3) is 8.69. The third-order valence-electron chi connectivity index (χ3n) is 6.94. The number of ether oxygens (including phenoxy) is 3. The number of nitriles is 1. The highest BCUT2D eigenvalue weighted by Gasteiger charge is 2.10. The monoisotopic (exact) mass is 548 g/mol. The Morgan fingerprint density at radius 2 is 1.68 bits per heavy atom. The largest absolute Gasteiger partial charge is 0.489 e. The predicted octanol–water partition coefficient (Wildman–Crippen LogP) is 7.12. The quantitative estimate of drug-likeness (QED) is 0.133. The van der Waals surface area contributed by atoms with Crippen LogP contribution in [0, 0.1) is 18.3 Å². The zero-order valence-electron chi connectivity index (χ0n) is 23.7. The van der Waals surface area contributed by atoms with Crippen LogP contribution in [0.15, 0.2) is 91.0 Å². The first-order valence-electron chi connectivity index (χ1n) is 13.9. The SMILES string of the molecule is COC(=O)CCCCNCc1ccc(OCc2cccc(-c3ccccc3)c2C)cc1OCc1cccc(C#N)c1. The van der Waals surface area contributed by atoms with Gasteiger partial charge in [0.15, 0.2) is 0 Å². The van der Waals surface area contributed by atoms with Gasteiger partial charge in [-0.25, -0.2) is 0 Å². The third-order valence-corrected chi connectivity index (χ3v) is 6.94. The Hall–Kier alpha value is -4.60. The molecule has 4 aromatic rings. The van der Waals surface area contributed by atoms with Crippen LogP contribution in [0.25, 0.3) is 11.1 Å². The molecule has 0 spiro atoms. The predicted molar refractivity (Wildman–Crippen MR) is 160 cm³/mol. The van der Waals surface area contributed by atoms with E-state index >= 15 is 0 Å². The first-order valence-corrected chi connectivity index (χ1v) is 13.9. The van der Waals surface area contributed by atoms with E-state index in [1.54, 1.807) is 6.07 Å². The van der Waals surface area contributed by atoms with Gasteiger partial charge in [-0.05, 0) is 72.3 Å². The summed E-state index contributed by atoms with van der Waals surface area (Å²) in [5, 5.41) is 12.7. The van der Waals surface area contributed by atoms with Crippen molar-refractivity contribution >= 4 is 5.97 Å². The van der Waals surface area contributed by atoms with Gasteiger partial charge < -0.3 is 19.5 Å². The maximum atomic E-state index is 11.3. The number of hydrogen-bond donors (Lipinski definition) is 1. The number of carbonyl (C=O) groups excluding carboxylic acids is 1. The fourth-order valence-electron chi connectivity index (χ4n) is 4.57. The minimum Gasteiger partial charge on any atom is -0.489 e. The number of benzene rings is 4. The molecule has 0 saturated carbocycles. The highest BCUT2D eigenvalue weighted by Crippen LogP contribution is 2.29. The van der Waals surface area contributed by atoms with Gasteiger partial charge in [-0.15, -0.1) is 0 Å². The zero-order valence-corrected chi connectivity index (χ0v) is 23.7. The Labute approximate surface area is 242 Å². The molecule has 0 aliphatic heterocycles. The molecule has 0 amide bonds. The van der Waals surface area contributed by atoms with E-state index in [-0.39, 0.29) is 5.97 Å². The molecule has 0 radical (unpaired) electrons. The molecule has 4 aromatic carbocycles. The molecule has 0 saturated heterocycles. The second kappa shape index (κ2) is 15.3. The maximum absolute atomic E-state index is 11.3. The van der Waals surface area contributed by atoms with E-state index in [1.807, 2.05) is 42.5 Å². The Morgan fingerprint density at radius 1 is 0.854 bits per heavy atom. The van der Waals surface area contributed by atoms with Crippen LogP contribution in [0.5, 0.6) is 11.5 Å². The van der Waals surface area contributed by atoms with Crippen molar-refractivity contribution in [2.45, 2.75) is 45.9 Å². The van der Waals surface area contributed by atoms with Crippen molar-refractivity contribution in [1.82, 2.24) is 5.32 Å². The second-order valence-electron chi connectivity index (χ2n) is 9.82.